The zero-order valence-electron chi connectivity index (χ0n) is 17.2. The summed E-state index contributed by atoms with van der Waals surface area (Å²) in [4.78, 5) is 29.0. The molecule has 29 heavy (non-hydrogen) atoms. The van der Waals surface area contributed by atoms with Gasteiger partial charge in [-0.2, -0.15) is 0 Å². The number of carboxylic acids is 2. The van der Waals surface area contributed by atoms with E-state index in [0.29, 0.717) is 0 Å². The maximum absolute atomic E-state index is 10.6. The lowest BCUT2D eigenvalue weighted by molar-refractivity contribution is 0.0696. The van der Waals surface area contributed by atoms with Crippen molar-refractivity contribution >= 4 is 11.9 Å². The highest BCUT2D eigenvalue weighted by Crippen LogP contribution is 2.19. The van der Waals surface area contributed by atoms with E-state index >= 15 is 0 Å². The monoisotopic (exact) mass is 402 g/mol. The number of benzene rings is 1. The highest BCUT2D eigenvalue weighted by atomic mass is 16.4. The van der Waals surface area contributed by atoms with Gasteiger partial charge in [0.1, 0.15) is 6.33 Å². The van der Waals surface area contributed by atoms with Crippen molar-refractivity contribution in [2.75, 3.05) is 0 Å². The lowest BCUT2D eigenvalue weighted by atomic mass is 10.0. The summed E-state index contributed by atoms with van der Waals surface area (Å²) in [7, 11) is 0. The van der Waals surface area contributed by atoms with Crippen LogP contribution in [0.3, 0.4) is 0 Å². The normalized spacial score (nSPS) is 11.5. The molecule has 1 atom stereocenters. The van der Waals surface area contributed by atoms with Gasteiger partial charge in [0.05, 0.1) is 17.2 Å². The fourth-order valence-corrected chi connectivity index (χ4v) is 2.82. The van der Waals surface area contributed by atoms with Gasteiger partial charge in [0, 0.05) is 18.0 Å². The fraction of sp³-hybridized carbons (Fsp3) is 0.455. The van der Waals surface area contributed by atoms with Gasteiger partial charge in [-0.25, -0.2) is 19.6 Å². The van der Waals surface area contributed by atoms with Gasteiger partial charge in [0.25, 0.3) is 0 Å². The van der Waals surface area contributed by atoms with Crippen LogP contribution in [0.1, 0.15) is 83.9 Å². The number of hydrogen-bond acceptors (Lipinski definition) is 5. The van der Waals surface area contributed by atoms with Crippen molar-refractivity contribution in [1.29, 1.82) is 0 Å². The first kappa shape index (κ1) is 24.2. The molecule has 2 aromatic rings. The first-order valence-electron chi connectivity index (χ1n) is 9.73. The van der Waals surface area contributed by atoms with Gasteiger partial charge in [0.15, 0.2) is 0 Å². The molecule has 0 aliphatic rings. The van der Waals surface area contributed by atoms with Crippen molar-refractivity contribution in [1.82, 2.24) is 9.97 Å². The first-order chi connectivity index (χ1) is 13.7. The molecule has 0 spiro atoms. The minimum Gasteiger partial charge on any atom is -0.478 e. The minimum atomic E-state index is -1.11. The Balaban J connectivity index is 0.000000296. The van der Waals surface area contributed by atoms with E-state index in [1.807, 2.05) is 0 Å². The Morgan fingerprint density at radius 3 is 1.93 bits per heavy atom. The zero-order valence-corrected chi connectivity index (χ0v) is 17.2. The number of carboxylic acid groups (broad SMARTS) is 2. The summed E-state index contributed by atoms with van der Waals surface area (Å²) in [5.41, 5.74) is 1.16. The number of aliphatic hydroxyl groups is 1. The van der Waals surface area contributed by atoms with Gasteiger partial charge < -0.3 is 15.3 Å². The molecule has 0 radical (unpaired) electrons. The van der Waals surface area contributed by atoms with Crippen LogP contribution in [0.4, 0.5) is 0 Å². The number of nitrogens with zero attached hydrogens (tertiary/aromatic N) is 2. The summed E-state index contributed by atoms with van der Waals surface area (Å²) in [6, 6.07) is 4.17. The first-order valence-corrected chi connectivity index (χ1v) is 9.73. The molecule has 1 heterocycles. The van der Waals surface area contributed by atoms with Gasteiger partial charge in [-0.1, -0.05) is 45.6 Å². The van der Waals surface area contributed by atoms with Crippen LogP contribution >= 0.6 is 0 Å². The molecule has 0 saturated heterocycles. The van der Waals surface area contributed by atoms with Crippen molar-refractivity contribution in [2.45, 2.75) is 59.0 Å². The van der Waals surface area contributed by atoms with E-state index in [0.717, 1.165) is 24.3 Å². The van der Waals surface area contributed by atoms with Gasteiger partial charge in [0.2, 0.25) is 0 Å². The largest absolute Gasteiger partial charge is 0.478 e. The Morgan fingerprint density at radius 2 is 1.45 bits per heavy atom. The van der Waals surface area contributed by atoms with Crippen molar-refractivity contribution in [3.05, 3.63) is 59.2 Å². The number of unbranched alkanes of at least 4 members (excludes halogenated alkanes) is 2. The number of aromatic carboxylic acids is 2. The number of aromatic nitrogens is 2. The molecule has 3 N–H and O–H groups in total. The number of rotatable bonds is 9. The van der Waals surface area contributed by atoms with Crippen molar-refractivity contribution in [3.63, 3.8) is 0 Å². The second-order valence-corrected chi connectivity index (χ2v) is 7.31. The predicted octanol–water partition coefficient (Wildman–Crippen LogP) is 4.51. The Bertz CT molecular complexity index is 746. The van der Waals surface area contributed by atoms with E-state index < -0.39 is 18.0 Å². The second kappa shape index (κ2) is 12.6. The average Bonchev–Trinajstić information content (AvgIpc) is 2.68. The summed E-state index contributed by atoms with van der Waals surface area (Å²) in [5.74, 6) is -1.44. The summed E-state index contributed by atoms with van der Waals surface area (Å²) in [5, 5.41) is 27.2. The Hall–Kier alpha value is -2.80. The van der Waals surface area contributed by atoms with Crippen LogP contribution in [-0.4, -0.2) is 37.2 Å². The van der Waals surface area contributed by atoms with Crippen LogP contribution in [-0.2, 0) is 0 Å². The Kier molecular flexibility index (Phi) is 10.5. The molecule has 2 rings (SSSR count). The lowest BCUT2D eigenvalue weighted by Gasteiger charge is -2.10. The third kappa shape index (κ3) is 8.83. The highest BCUT2D eigenvalue weighted by molar-refractivity contribution is 5.96. The molecule has 0 saturated carbocycles. The number of hydrogen-bond donors (Lipinski definition) is 3. The van der Waals surface area contributed by atoms with E-state index in [1.165, 1.54) is 50.7 Å². The standard InChI is InChI=1S/C13H22N2O.C9H8O4/c1-11(2)6-4-3-5-7-13(16)12-8-14-10-15-9-12;1-5-6(8(10)11)3-2-4-7(5)9(12)13/h8-11,13,16H,3-7H2,1-2H3;2-4H,1H3,(H,10,11)(H,12,13). The average molecular weight is 402 g/mol. The van der Waals surface area contributed by atoms with Crippen LogP contribution in [0.15, 0.2) is 36.9 Å². The van der Waals surface area contributed by atoms with Gasteiger partial charge in [-0.3, -0.25) is 0 Å². The Labute approximate surface area is 171 Å². The van der Waals surface area contributed by atoms with Gasteiger partial charge >= 0.3 is 11.9 Å². The minimum absolute atomic E-state index is 0.0277. The molecule has 0 amide bonds. The van der Waals surface area contributed by atoms with Gasteiger partial charge in [-0.15, -0.1) is 0 Å². The molecule has 7 nitrogen and oxygen atoms in total. The van der Waals surface area contributed by atoms with Gasteiger partial charge in [-0.05, 0) is 37.0 Å². The molecule has 1 unspecified atom stereocenters. The quantitative estimate of drug-likeness (QED) is 0.528. The van der Waals surface area contributed by atoms with Crippen LogP contribution in [0.5, 0.6) is 0 Å². The maximum atomic E-state index is 10.6. The van der Waals surface area contributed by atoms with E-state index in [2.05, 4.69) is 23.8 Å². The molecule has 7 heteroatoms. The smallest absolute Gasteiger partial charge is 0.335 e. The molecule has 0 fully saturated rings. The third-order valence-corrected chi connectivity index (χ3v) is 4.52. The number of aliphatic hydroxyl groups excluding tert-OH is 1. The fourth-order valence-electron chi connectivity index (χ4n) is 2.82. The van der Waals surface area contributed by atoms with Crippen molar-refractivity contribution in [3.8, 4) is 0 Å². The van der Waals surface area contributed by atoms with Crippen molar-refractivity contribution < 1.29 is 24.9 Å². The lowest BCUT2D eigenvalue weighted by Crippen LogP contribution is -2.06. The van der Waals surface area contributed by atoms with E-state index in [-0.39, 0.29) is 16.7 Å². The molecular formula is C22H30N2O5. The third-order valence-electron chi connectivity index (χ3n) is 4.52. The Morgan fingerprint density at radius 1 is 0.931 bits per heavy atom. The van der Waals surface area contributed by atoms with Crippen LogP contribution in [0, 0.1) is 12.8 Å². The number of carbonyl (C=O) groups is 2. The molecule has 0 aliphatic carbocycles. The predicted molar refractivity (Wildman–Crippen MR) is 110 cm³/mol. The molecule has 1 aromatic carbocycles. The van der Waals surface area contributed by atoms with Crippen molar-refractivity contribution in [2.24, 2.45) is 5.92 Å². The van der Waals surface area contributed by atoms with Crippen LogP contribution in [0.2, 0.25) is 0 Å². The van der Waals surface area contributed by atoms with E-state index in [1.54, 1.807) is 12.4 Å². The maximum Gasteiger partial charge on any atom is 0.335 e. The van der Waals surface area contributed by atoms with E-state index in [9.17, 15) is 14.7 Å². The topological polar surface area (TPSA) is 121 Å². The van der Waals surface area contributed by atoms with Crippen LogP contribution in [0.25, 0.3) is 0 Å². The summed E-state index contributed by atoms with van der Waals surface area (Å²) >= 11 is 0. The molecule has 1 aromatic heterocycles. The summed E-state index contributed by atoms with van der Waals surface area (Å²) in [6.45, 7) is 5.97. The zero-order chi connectivity index (χ0) is 21.8. The SMILES string of the molecule is CC(C)CCCCCC(O)c1cncnc1.Cc1c(C(=O)O)cccc1C(=O)O. The summed E-state index contributed by atoms with van der Waals surface area (Å²) < 4.78 is 0. The molecule has 0 bridgehead atoms. The second-order valence-electron chi connectivity index (χ2n) is 7.31. The molecular weight excluding hydrogens is 372 g/mol. The van der Waals surface area contributed by atoms with Crippen LogP contribution < -0.4 is 0 Å². The van der Waals surface area contributed by atoms with E-state index in [4.69, 9.17) is 10.2 Å². The molecule has 158 valence electrons. The summed E-state index contributed by atoms with van der Waals surface area (Å²) in [6.07, 6.45) is 10.1. The molecule has 0 aliphatic heterocycles. The highest BCUT2D eigenvalue weighted by Gasteiger charge is 2.13.